The molecule has 2 aromatic carbocycles. The summed E-state index contributed by atoms with van der Waals surface area (Å²) < 4.78 is 0. The van der Waals surface area contributed by atoms with Crippen molar-refractivity contribution < 1.29 is 10.2 Å². The first-order valence-electron chi connectivity index (χ1n) is 6.81. The van der Waals surface area contributed by atoms with Gasteiger partial charge in [0.25, 0.3) is 0 Å². The van der Waals surface area contributed by atoms with Crippen LogP contribution in [0.4, 0.5) is 11.4 Å². The number of nitrogens with zero attached hydrogens (tertiary/aromatic N) is 2. The van der Waals surface area contributed by atoms with E-state index >= 15 is 0 Å². The van der Waals surface area contributed by atoms with Crippen molar-refractivity contribution in [3.63, 3.8) is 0 Å². The summed E-state index contributed by atoms with van der Waals surface area (Å²) in [4.78, 5) is 0. The molecule has 6 heteroatoms. The van der Waals surface area contributed by atoms with Crippen LogP contribution in [0.1, 0.15) is 0 Å². The quantitative estimate of drug-likeness (QED) is 0.464. The third kappa shape index (κ3) is 5.01. The monoisotopic (exact) mass is 298 g/mol. The molecule has 2 rings (SSSR count). The summed E-state index contributed by atoms with van der Waals surface area (Å²) >= 11 is 0. The summed E-state index contributed by atoms with van der Waals surface area (Å²) in [6.45, 7) is -0.438. The van der Waals surface area contributed by atoms with Gasteiger partial charge in [0.05, 0.1) is 24.2 Å². The number of hydrazone groups is 2. The Balaban J connectivity index is 2.02. The minimum atomic E-state index is -1.11. The number of nitrogens with one attached hydrogen (secondary N) is 2. The Bertz CT molecular complexity index is 615. The first-order chi connectivity index (χ1) is 10.8. The van der Waals surface area contributed by atoms with E-state index in [0.717, 1.165) is 11.4 Å². The van der Waals surface area contributed by atoms with Crippen LogP contribution >= 0.6 is 0 Å². The second-order valence-electron chi connectivity index (χ2n) is 4.45. The molecule has 0 spiro atoms. The maximum absolute atomic E-state index is 9.75. The minimum Gasteiger partial charge on any atom is -0.393 e. The smallest absolute Gasteiger partial charge is 0.122 e. The van der Waals surface area contributed by atoms with E-state index in [9.17, 15) is 5.11 Å². The number of hydrogen-bond acceptors (Lipinski definition) is 6. The van der Waals surface area contributed by atoms with Crippen molar-refractivity contribution >= 4 is 23.3 Å². The fourth-order valence-electron chi connectivity index (χ4n) is 1.61. The van der Waals surface area contributed by atoms with Gasteiger partial charge < -0.3 is 10.2 Å². The summed E-state index contributed by atoms with van der Waals surface area (Å²) in [6, 6.07) is 18.7. The van der Waals surface area contributed by atoms with E-state index in [-0.39, 0.29) is 5.71 Å². The number of anilines is 2. The highest BCUT2D eigenvalue weighted by Crippen LogP contribution is 2.06. The van der Waals surface area contributed by atoms with Gasteiger partial charge in [-0.05, 0) is 24.3 Å². The Kier molecular flexibility index (Phi) is 6.10. The molecule has 6 nitrogen and oxygen atoms in total. The molecule has 0 aliphatic carbocycles. The molecule has 0 fully saturated rings. The summed E-state index contributed by atoms with van der Waals surface area (Å²) in [5.74, 6) is 0. The third-order valence-electron chi connectivity index (χ3n) is 2.77. The van der Waals surface area contributed by atoms with Gasteiger partial charge in [-0.3, -0.25) is 10.9 Å². The number of aliphatic hydroxyl groups is 2. The highest BCUT2D eigenvalue weighted by molar-refractivity contribution is 6.32. The van der Waals surface area contributed by atoms with Gasteiger partial charge in [0.1, 0.15) is 11.8 Å². The molecule has 114 valence electrons. The van der Waals surface area contributed by atoms with Crippen LogP contribution < -0.4 is 10.9 Å². The average molecular weight is 298 g/mol. The van der Waals surface area contributed by atoms with Gasteiger partial charge in [-0.25, -0.2) is 0 Å². The molecule has 0 aromatic heterocycles. The maximum atomic E-state index is 9.75. The largest absolute Gasteiger partial charge is 0.393 e. The third-order valence-corrected chi connectivity index (χ3v) is 2.77. The van der Waals surface area contributed by atoms with E-state index < -0.39 is 12.7 Å². The van der Waals surface area contributed by atoms with E-state index in [1.165, 1.54) is 6.21 Å². The highest BCUT2D eigenvalue weighted by atomic mass is 16.3. The van der Waals surface area contributed by atoms with Crippen molar-refractivity contribution in [2.45, 2.75) is 6.10 Å². The van der Waals surface area contributed by atoms with Crippen molar-refractivity contribution in [2.75, 3.05) is 17.5 Å². The Morgan fingerprint density at radius 1 is 0.955 bits per heavy atom. The molecule has 22 heavy (non-hydrogen) atoms. The van der Waals surface area contributed by atoms with Crippen LogP contribution in [0.5, 0.6) is 0 Å². The van der Waals surface area contributed by atoms with E-state index in [2.05, 4.69) is 21.1 Å². The predicted molar refractivity (Wildman–Crippen MR) is 89.1 cm³/mol. The molecule has 0 heterocycles. The molecule has 1 atom stereocenters. The molecular weight excluding hydrogens is 280 g/mol. The van der Waals surface area contributed by atoms with Gasteiger partial charge in [0, 0.05) is 0 Å². The molecule has 0 amide bonds. The molecule has 2 aromatic rings. The number of rotatable bonds is 7. The highest BCUT2D eigenvalue weighted by Gasteiger charge is 2.09. The van der Waals surface area contributed by atoms with Crippen LogP contribution in [0.15, 0.2) is 70.9 Å². The fourth-order valence-corrected chi connectivity index (χ4v) is 1.61. The molecule has 0 saturated carbocycles. The second kappa shape index (κ2) is 8.56. The number of aliphatic hydroxyl groups excluding tert-OH is 2. The summed E-state index contributed by atoms with van der Waals surface area (Å²) in [7, 11) is 0. The molecule has 0 unspecified atom stereocenters. The minimum absolute atomic E-state index is 0.217. The van der Waals surface area contributed by atoms with E-state index in [1.807, 2.05) is 60.7 Å². The molecule has 0 aliphatic heterocycles. The van der Waals surface area contributed by atoms with E-state index in [4.69, 9.17) is 5.11 Å². The fraction of sp³-hybridized carbons (Fsp3) is 0.125. The van der Waals surface area contributed by atoms with Crippen molar-refractivity contribution in [1.82, 2.24) is 0 Å². The Hall–Kier alpha value is -2.70. The van der Waals surface area contributed by atoms with E-state index in [1.54, 1.807) is 0 Å². The van der Waals surface area contributed by atoms with Gasteiger partial charge in [-0.15, -0.1) is 0 Å². The zero-order chi connectivity index (χ0) is 15.6. The van der Waals surface area contributed by atoms with Crippen LogP contribution in [0.25, 0.3) is 0 Å². The first kappa shape index (κ1) is 15.7. The van der Waals surface area contributed by atoms with Gasteiger partial charge >= 0.3 is 0 Å². The Morgan fingerprint density at radius 2 is 1.50 bits per heavy atom. The topological polar surface area (TPSA) is 89.2 Å². The van der Waals surface area contributed by atoms with Crippen LogP contribution in [0.2, 0.25) is 0 Å². The zero-order valence-corrected chi connectivity index (χ0v) is 11.9. The van der Waals surface area contributed by atoms with Gasteiger partial charge in [0.15, 0.2) is 0 Å². The van der Waals surface area contributed by atoms with E-state index in [0.29, 0.717) is 0 Å². The lowest BCUT2D eigenvalue weighted by Gasteiger charge is -2.08. The second-order valence-corrected chi connectivity index (χ2v) is 4.45. The SMILES string of the molecule is OC[C@H](O)C(/C=N\Nc1ccccc1)=N/Nc1ccccc1. The normalized spacial score (nSPS) is 13.1. The first-order valence-corrected chi connectivity index (χ1v) is 6.81. The van der Waals surface area contributed by atoms with Gasteiger partial charge in [-0.2, -0.15) is 10.2 Å². The number of para-hydroxylation sites is 2. The van der Waals surface area contributed by atoms with Crippen molar-refractivity contribution in [2.24, 2.45) is 10.2 Å². The molecule has 0 bridgehead atoms. The zero-order valence-electron chi connectivity index (χ0n) is 11.9. The van der Waals surface area contributed by atoms with Gasteiger partial charge in [-0.1, -0.05) is 36.4 Å². The number of benzene rings is 2. The lowest BCUT2D eigenvalue weighted by Crippen LogP contribution is -2.27. The summed E-state index contributed by atoms with van der Waals surface area (Å²) in [5, 5.41) is 26.9. The van der Waals surface area contributed by atoms with Crippen LogP contribution in [0.3, 0.4) is 0 Å². The maximum Gasteiger partial charge on any atom is 0.122 e. The van der Waals surface area contributed by atoms with Gasteiger partial charge in [0.2, 0.25) is 0 Å². The molecular formula is C16H18N4O2. The van der Waals surface area contributed by atoms with Crippen molar-refractivity contribution in [3.05, 3.63) is 60.7 Å². The average Bonchev–Trinajstić information content (AvgIpc) is 2.59. The number of hydrogen-bond donors (Lipinski definition) is 4. The lowest BCUT2D eigenvalue weighted by atomic mass is 10.2. The molecule has 0 saturated heterocycles. The van der Waals surface area contributed by atoms with Crippen molar-refractivity contribution in [3.8, 4) is 0 Å². The lowest BCUT2D eigenvalue weighted by molar-refractivity contribution is 0.146. The predicted octanol–water partition coefficient (Wildman–Crippen LogP) is 1.91. The molecule has 0 aliphatic rings. The Morgan fingerprint density at radius 3 is 2.05 bits per heavy atom. The van der Waals surface area contributed by atoms with Crippen molar-refractivity contribution in [1.29, 1.82) is 0 Å². The van der Waals surface area contributed by atoms with Crippen LogP contribution in [-0.2, 0) is 0 Å². The van der Waals surface area contributed by atoms with Crippen LogP contribution in [-0.4, -0.2) is 34.9 Å². The summed E-state index contributed by atoms with van der Waals surface area (Å²) in [6.07, 6.45) is 0.252. The van der Waals surface area contributed by atoms with Crippen LogP contribution in [0, 0.1) is 0 Å². The standard InChI is InChI=1S/C16H18N4O2/c21-12-16(22)15(20-19-14-9-5-2-6-10-14)11-17-18-13-7-3-1-4-8-13/h1-11,16,18-19,21-22H,12H2/b17-11-,20-15+/t16-/m0/s1. The molecule has 4 N–H and O–H groups in total. The Labute approximate surface area is 128 Å². The molecule has 0 radical (unpaired) electrons. The summed E-state index contributed by atoms with van der Waals surface area (Å²) in [5.41, 5.74) is 7.43.